The maximum Gasteiger partial charge on any atom is 0.124 e. The van der Waals surface area contributed by atoms with Crippen molar-refractivity contribution in [3.05, 3.63) is 71.1 Å². The van der Waals surface area contributed by atoms with Gasteiger partial charge in [-0.1, -0.05) is 36.4 Å². The molecular formula is C18H18O3S. The Kier molecular flexibility index (Phi) is 4.71. The number of ether oxygens (including phenoxy) is 2. The molecule has 0 radical (unpaired) electrons. The van der Waals surface area contributed by atoms with E-state index < -0.39 is 10.8 Å². The van der Waals surface area contributed by atoms with E-state index in [2.05, 4.69) is 0 Å². The van der Waals surface area contributed by atoms with Gasteiger partial charge in [-0.2, -0.15) is 0 Å². The number of para-hydroxylation sites is 1. The summed E-state index contributed by atoms with van der Waals surface area (Å²) >= 11 is 0. The summed E-state index contributed by atoms with van der Waals surface area (Å²) in [6.07, 6.45) is 2.44. The maximum atomic E-state index is 12.7. The van der Waals surface area contributed by atoms with Crippen LogP contribution in [0.1, 0.15) is 18.1 Å². The van der Waals surface area contributed by atoms with Gasteiger partial charge in [0.2, 0.25) is 0 Å². The quantitative estimate of drug-likeness (QED) is 0.860. The zero-order valence-corrected chi connectivity index (χ0v) is 13.2. The summed E-state index contributed by atoms with van der Waals surface area (Å²) in [7, 11) is 0.515. The number of benzene rings is 2. The highest BCUT2D eigenvalue weighted by Gasteiger charge is 2.22. The summed E-state index contributed by atoms with van der Waals surface area (Å²) in [6, 6.07) is 17.3. The molecule has 0 saturated heterocycles. The fourth-order valence-electron chi connectivity index (χ4n) is 2.52. The molecule has 4 heteroatoms. The fraction of sp³-hybridized carbons (Fsp3) is 0.222. The van der Waals surface area contributed by atoms with Crippen LogP contribution in [0.4, 0.5) is 0 Å². The van der Waals surface area contributed by atoms with Crippen molar-refractivity contribution in [3.8, 4) is 5.75 Å². The third kappa shape index (κ3) is 3.13. The summed E-state index contributed by atoms with van der Waals surface area (Å²) < 4.78 is 23.9. The summed E-state index contributed by atoms with van der Waals surface area (Å²) in [5.41, 5.74) is 0.965. The molecule has 2 atom stereocenters. The van der Waals surface area contributed by atoms with Crippen LogP contribution >= 0.6 is 0 Å². The lowest BCUT2D eigenvalue weighted by Gasteiger charge is -2.23. The number of rotatable bonds is 4. The first-order chi connectivity index (χ1) is 10.8. The average Bonchev–Trinajstić information content (AvgIpc) is 2.62. The molecular weight excluding hydrogens is 296 g/mol. The third-order valence-corrected chi connectivity index (χ3v) is 5.14. The molecule has 1 heterocycles. The molecule has 1 aliphatic heterocycles. The Hall–Kier alpha value is -1.91. The number of hydrogen-bond donors (Lipinski definition) is 0. The first-order valence-electron chi connectivity index (χ1n) is 7.21. The van der Waals surface area contributed by atoms with E-state index in [1.807, 2.05) is 60.7 Å². The Morgan fingerprint density at radius 1 is 1.09 bits per heavy atom. The molecule has 1 aliphatic rings. The lowest BCUT2D eigenvalue weighted by atomic mass is 10.1. The van der Waals surface area contributed by atoms with E-state index in [4.69, 9.17) is 9.47 Å². The van der Waals surface area contributed by atoms with Gasteiger partial charge in [-0.25, -0.2) is 4.21 Å². The maximum absolute atomic E-state index is 12.7. The molecule has 0 spiro atoms. The van der Waals surface area contributed by atoms with Gasteiger partial charge in [0.05, 0.1) is 24.5 Å². The van der Waals surface area contributed by atoms with E-state index >= 15 is 0 Å². The van der Waals surface area contributed by atoms with Crippen LogP contribution in [0, 0.1) is 0 Å². The van der Waals surface area contributed by atoms with Gasteiger partial charge in [-0.15, -0.1) is 0 Å². The molecule has 2 unspecified atom stereocenters. The van der Waals surface area contributed by atoms with Gasteiger partial charge in [-0.05, 0) is 24.3 Å². The minimum atomic E-state index is -1.13. The van der Waals surface area contributed by atoms with Crippen LogP contribution < -0.4 is 4.74 Å². The summed E-state index contributed by atoms with van der Waals surface area (Å²) in [4.78, 5) is 1.74. The highest BCUT2D eigenvalue weighted by molar-refractivity contribution is 7.89. The van der Waals surface area contributed by atoms with Crippen LogP contribution in [0.2, 0.25) is 0 Å². The van der Waals surface area contributed by atoms with Crippen molar-refractivity contribution in [2.24, 2.45) is 0 Å². The van der Waals surface area contributed by atoms with Gasteiger partial charge in [-0.3, -0.25) is 0 Å². The minimum Gasteiger partial charge on any atom is -0.496 e. The van der Waals surface area contributed by atoms with Crippen molar-refractivity contribution in [2.45, 2.75) is 17.4 Å². The van der Waals surface area contributed by atoms with Crippen molar-refractivity contribution in [2.75, 3.05) is 13.7 Å². The molecule has 3 nitrogen and oxygen atoms in total. The summed E-state index contributed by atoms with van der Waals surface area (Å²) in [6.45, 7) is 0.563. The van der Waals surface area contributed by atoms with Crippen LogP contribution in [-0.4, -0.2) is 17.9 Å². The number of methoxy groups -OCH3 is 1. The van der Waals surface area contributed by atoms with E-state index in [0.717, 1.165) is 21.1 Å². The Morgan fingerprint density at radius 3 is 2.59 bits per heavy atom. The Labute approximate surface area is 133 Å². The molecule has 0 amide bonds. The fourth-order valence-corrected chi connectivity index (χ4v) is 3.74. The third-order valence-electron chi connectivity index (χ3n) is 3.62. The first kappa shape index (κ1) is 15.0. The van der Waals surface area contributed by atoms with E-state index in [-0.39, 0.29) is 6.10 Å². The van der Waals surface area contributed by atoms with Crippen molar-refractivity contribution in [1.82, 2.24) is 0 Å². The van der Waals surface area contributed by atoms with Gasteiger partial charge >= 0.3 is 0 Å². The molecule has 2 aromatic carbocycles. The SMILES string of the molecule is COc1ccccc1C1C=C(S(=O)c2ccccc2)CCO1. The molecule has 0 aliphatic carbocycles. The molecule has 0 aromatic heterocycles. The van der Waals surface area contributed by atoms with Crippen LogP contribution in [0.25, 0.3) is 0 Å². The van der Waals surface area contributed by atoms with E-state index in [9.17, 15) is 4.21 Å². The van der Waals surface area contributed by atoms with Crippen molar-refractivity contribution in [3.63, 3.8) is 0 Å². The van der Waals surface area contributed by atoms with Crippen molar-refractivity contribution in [1.29, 1.82) is 0 Å². The molecule has 0 N–H and O–H groups in total. The smallest absolute Gasteiger partial charge is 0.124 e. The van der Waals surface area contributed by atoms with Gasteiger partial charge in [0.15, 0.2) is 0 Å². The summed E-state index contributed by atoms with van der Waals surface area (Å²) in [5, 5.41) is 0. The first-order valence-corrected chi connectivity index (χ1v) is 8.36. The topological polar surface area (TPSA) is 35.5 Å². The normalized spacial score (nSPS) is 19.3. The lowest BCUT2D eigenvalue weighted by molar-refractivity contribution is 0.0771. The van der Waals surface area contributed by atoms with E-state index in [1.54, 1.807) is 7.11 Å². The predicted octanol–water partition coefficient (Wildman–Crippen LogP) is 3.85. The van der Waals surface area contributed by atoms with Gasteiger partial charge < -0.3 is 9.47 Å². The summed E-state index contributed by atoms with van der Waals surface area (Å²) in [5.74, 6) is 0.787. The Bertz CT molecular complexity index is 694. The lowest BCUT2D eigenvalue weighted by Crippen LogP contribution is -2.13. The highest BCUT2D eigenvalue weighted by Crippen LogP contribution is 2.34. The average molecular weight is 314 g/mol. The van der Waals surface area contributed by atoms with Gasteiger partial charge in [0.1, 0.15) is 11.9 Å². The Morgan fingerprint density at radius 2 is 1.82 bits per heavy atom. The molecule has 0 fully saturated rings. The van der Waals surface area contributed by atoms with Crippen molar-refractivity contribution < 1.29 is 13.7 Å². The molecule has 0 bridgehead atoms. The largest absolute Gasteiger partial charge is 0.496 e. The number of hydrogen-bond acceptors (Lipinski definition) is 3. The zero-order chi connectivity index (χ0) is 15.4. The van der Waals surface area contributed by atoms with Crippen LogP contribution in [0.3, 0.4) is 0 Å². The molecule has 0 saturated carbocycles. The molecule has 3 rings (SSSR count). The Balaban J connectivity index is 1.91. The predicted molar refractivity (Wildman–Crippen MR) is 87.2 cm³/mol. The monoisotopic (exact) mass is 314 g/mol. The zero-order valence-electron chi connectivity index (χ0n) is 12.4. The van der Waals surface area contributed by atoms with Crippen LogP contribution in [0.5, 0.6) is 5.75 Å². The van der Waals surface area contributed by atoms with Gasteiger partial charge in [0, 0.05) is 21.8 Å². The van der Waals surface area contributed by atoms with Crippen LogP contribution in [0.15, 0.2) is 70.5 Å². The van der Waals surface area contributed by atoms with Crippen molar-refractivity contribution >= 4 is 10.8 Å². The van der Waals surface area contributed by atoms with Crippen LogP contribution in [-0.2, 0) is 15.5 Å². The van der Waals surface area contributed by atoms with Gasteiger partial charge in [0.25, 0.3) is 0 Å². The van der Waals surface area contributed by atoms with E-state index in [1.165, 1.54) is 0 Å². The molecule has 114 valence electrons. The molecule has 2 aromatic rings. The minimum absolute atomic E-state index is 0.215. The van der Waals surface area contributed by atoms with E-state index in [0.29, 0.717) is 13.0 Å². The standard InChI is InChI=1S/C18H18O3S/c1-20-17-10-6-5-9-16(17)18-13-15(11-12-21-18)22(19)14-7-3-2-4-8-14/h2-10,13,18H,11-12H2,1H3. The molecule has 22 heavy (non-hydrogen) atoms. The second-order valence-corrected chi connectivity index (χ2v) is 6.53. The highest BCUT2D eigenvalue weighted by atomic mass is 32.2. The second kappa shape index (κ2) is 6.90. The second-order valence-electron chi connectivity index (χ2n) is 5.00.